The highest BCUT2D eigenvalue weighted by atomic mass is 19.1. The maximum absolute atomic E-state index is 13.7. The van der Waals surface area contributed by atoms with Gasteiger partial charge in [-0.25, -0.2) is 9.37 Å². The van der Waals surface area contributed by atoms with Crippen molar-refractivity contribution in [3.63, 3.8) is 0 Å². The predicted molar refractivity (Wildman–Crippen MR) is 83.7 cm³/mol. The Bertz CT molecular complexity index is 777. The summed E-state index contributed by atoms with van der Waals surface area (Å²) in [6.07, 6.45) is 1.82. The van der Waals surface area contributed by atoms with Crippen molar-refractivity contribution in [2.45, 2.75) is 13.1 Å². The van der Waals surface area contributed by atoms with Crippen molar-refractivity contribution in [2.24, 2.45) is 0 Å². The molecule has 0 amide bonds. The summed E-state index contributed by atoms with van der Waals surface area (Å²) < 4.78 is 15.7. The van der Waals surface area contributed by atoms with E-state index in [1.54, 1.807) is 12.1 Å². The Hall–Kier alpha value is -2.62. The molecule has 0 fully saturated rings. The Balaban J connectivity index is 1.91. The maximum atomic E-state index is 13.7. The number of hydrogen-bond acceptors (Lipinski definition) is 2. The summed E-state index contributed by atoms with van der Waals surface area (Å²) in [5, 5.41) is 3.21. The molecule has 0 radical (unpaired) electrons. The molecule has 0 saturated carbocycles. The molecule has 21 heavy (non-hydrogen) atoms. The summed E-state index contributed by atoms with van der Waals surface area (Å²) >= 11 is 0. The second kappa shape index (κ2) is 5.79. The van der Waals surface area contributed by atoms with Crippen LogP contribution in [0.2, 0.25) is 0 Å². The Morgan fingerprint density at radius 2 is 1.90 bits per heavy atom. The molecule has 3 rings (SSSR count). The molecule has 0 bridgehead atoms. The van der Waals surface area contributed by atoms with E-state index in [9.17, 15) is 4.39 Å². The van der Waals surface area contributed by atoms with Crippen molar-refractivity contribution in [3.8, 4) is 0 Å². The van der Waals surface area contributed by atoms with Gasteiger partial charge in [0.25, 0.3) is 0 Å². The minimum absolute atomic E-state index is 0.212. The smallest absolute Gasteiger partial charge is 0.204 e. The number of allylic oxidation sites excluding steroid dienone is 1. The molecular formula is C17H16FN3. The van der Waals surface area contributed by atoms with Crippen LogP contribution in [0.1, 0.15) is 5.56 Å². The molecule has 1 N–H and O–H groups in total. The Morgan fingerprint density at radius 1 is 1.14 bits per heavy atom. The SMILES string of the molecule is C=CCn1c(NCc2ccccc2F)nc2ccccc21. The summed E-state index contributed by atoms with van der Waals surface area (Å²) in [6.45, 7) is 4.83. The van der Waals surface area contributed by atoms with E-state index in [4.69, 9.17) is 0 Å². The molecule has 106 valence electrons. The summed E-state index contributed by atoms with van der Waals surface area (Å²) in [4.78, 5) is 4.56. The highest BCUT2D eigenvalue weighted by Crippen LogP contribution is 2.20. The molecule has 1 heterocycles. The highest BCUT2D eigenvalue weighted by Gasteiger charge is 2.09. The molecule has 0 saturated heterocycles. The number of aromatic nitrogens is 2. The van der Waals surface area contributed by atoms with E-state index in [2.05, 4.69) is 16.9 Å². The van der Waals surface area contributed by atoms with Crippen LogP contribution in [-0.2, 0) is 13.1 Å². The van der Waals surface area contributed by atoms with Gasteiger partial charge in [0.15, 0.2) is 0 Å². The van der Waals surface area contributed by atoms with Crippen molar-refractivity contribution in [1.82, 2.24) is 9.55 Å². The number of anilines is 1. The van der Waals surface area contributed by atoms with Gasteiger partial charge in [-0.2, -0.15) is 0 Å². The van der Waals surface area contributed by atoms with Crippen LogP contribution in [0, 0.1) is 5.82 Å². The molecule has 0 spiro atoms. The Kier molecular flexibility index (Phi) is 3.69. The molecule has 0 unspecified atom stereocenters. The van der Waals surface area contributed by atoms with Gasteiger partial charge in [-0.3, -0.25) is 0 Å². The zero-order valence-corrected chi connectivity index (χ0v) is 11.6. The topological polar surface area (TPSA) is 29.9 Å². The monoisotopic (exact) mass is 281 g/mol. The summed E-state index contributed by atoms with van der Waals surface area (Å²) in [5.74, 6) is 0.510. The van der Waals surface area contributed by atoms with Crippen LogP contribution in [0.25, 0.3) is 11.0 Å². The van der Waals surface area contributed by atoms with E-state index in [1.165, 1.54) is 6.07 Å². The van der Waals surface area contributed by atoms with Crippen LogP contribution in [-0.4, -0.2) is 9.55 Å². The summed E-state index contributed by atoms with van der Waals surface area (Å²) in [7, 11) is 0. The van der Waals surface area contributed by atoms with Crippen LogP contribution in [0.3, 0.4) is 0 Å². The van der Waals surface area contributed by atoms with Gasteiger partial charge in [-0.15, -0.1) is 6.58 Å². The molecule has 0 aliphatic rings. The Morgan fingerprint density at radius 3 is 2.71 bits per heavy atom. The van der Waals surface area contributed by atoms with Gasteiger partial charge in [0, 0.05) is 18.7 Å². The number of hydrogen-bond donors (Lipinski definition) is 1. The van der Waals surface area contributed by atoms with Crippen LogP contribution in [0.15, 0.2) is 61.2 Å². The third-order valence-corrected chi connectivity index (χ3v) is 3.36. The molecule has 3 nitrogen and oxygen atoms in total. The minimum atomic E-state index is -0.212. The van der Waals surface area contributed by atoms with Gasteiger partial charge in [0.05, 0.1) is 11.0 Å². The van der Waals surface area contributed by atoms with Gasteiger partial charge >= 0.3 is 0 Å². The van der Waals surface area contributed by atoms with E-state index >= 15 is 0 Å². The van der Waals surface area contributed by atoms with Crippen molar-refractivity contribution in [3.05, 3.63) is 72.6 Å². The molecule has 2 aromatic carbocycles. The lowest BCUT2D eigenvalue weighted by Gasteiger charge is -2.09. The fourth-order valence-corrected chi connectivity index (χ4v) is 2.34. The van der Waals surface area contributed by atoms with Crippen LogP contribution < -0.4 is 5.32 Å². The van der Waals surface area contributed by atoms with Crippen LogP contribution in [0.4, 0.5) is 10.3 Å². The lowest BCUT2D eigenvalue weighted by molar-refractivity contribution is 0.612. The van der Waals surface area contributed by atoms with Gasteiger partial charge in [0.2, 0.25) is 5.95 Å². The third-order valence-electron chi connectivity index (χ3n) is 3.36. The number of nitrogens with zero attached hydrogens (tertiary/aromatic N) is 2. The second-order valence-corrected chi connectivity index (χ2v) is 4.77. The summed E-state index contributed by atoms with van der Waals surface area (Å²) in [6, 6.07) is 14.6. The largest absolute Gasteiger partial charge is 0.351 e. The average molecular weight is 281 g/mol. The number of nitrogens with one attached hydrogen (secondary N) is 1. The average Bonchev–Trinajstić information content (AvgIpc) is 2.85. The van der Waals surface area contributed by atoms with Crippen molar-refractivity contribution in [1.29, 1.82) is 0 Å². The first-order valence-corrected chi connectivity index (χ1v) is 6.83. The fourth-order valence-electron chi connectivity index (χ4n) is 2.34. The lowest BCUT2D eigenvalue weighted by atomic mass is 10.2. The molecule has 0 atom stereocenters. The number of para-hydroxylation sites is 2. The molecule has 0 aliphatic carbocycles. The van der Waals surface area contributed by atoms with E-state index in [1.807, 2.05) is 41.0 Å². The van der Waals surface area contributed by atoms with Crippen LogP contribution >= 0.6 is 0 Å². The number of benzene rings is 2. The molecule has 3 aromatic rings. The van der Waals surface area contributed by atoms with Crippen molar-refractivity contribution in [2.75, 3.05) is 5.32 Å². The first-order valence-electron chi connectivity index (χ1n) is 6.83. The summed E-state index contributed by atoms with van der Waals surface area (Å²) in [5.41, 5.74) is 2.57. The standard InChI is InChI=1S/C17H16FN3/c1-2-11-21-16-10-6-5-9-15(16)20-17(21)19-12-13-7-3-4-8-14(13)18/h2-10H,1,11-12H2,(H,19,20). The molecule has 1 aromatic heterocycles. The van der Waals surface area contributed by atoms with Crippen molar-refractivity contribution >= 4 is 17.0 Å². The van der Waals surface area contributed by atoms with Gasteiger partial charge in [-0.05, 0) is 18.2 Å². The quantitative estimate of drug-likeness (QED) is 0.717. The van der Waals surface area contributed by atoms with Gasteiger partial charge < -0.3 is 9.88 Å². The lowest BCUT2D eigenvalue weighted by Crippen LogP contribution is -2.08. The van der Waals surface area contributed by atoms with Crippen molar-refractivity contribution < 1.29 is 4.39 Å². The zero-order chi connectivity index (χ0) is 14.7. The van der Waals surface area contributed by atoms with E-state index in [-0.39, 0.29) is 5.82 Å². The highest BCUT2D eigenvalue weighted by molar-refractivity contribution is 5.78. The number of imidazole rings is 1. The number of halogens is 1. The maximum Gasteiger partial charge on any atom is 0.204 e. The second-order valence-electron chi connectivity index (χ2n) is 4.77. The number of rotatable bonds is 5. The van der Waals surface area contributed by atoms with Gasteiger partial charge in [0.1, 0.15) is 5.82 Å². The fraction of sp³-hybridized carbons (Fsp3) is 0.118. The Labute approximate surface area is 122 Å². The van der Waals surface area contributed by atoms with E-state index in [0.717, 1.165) is 17.0 Å². The molecule has 0 aliphatic heterocycles. The minimum Gasteiger partial charge on any atom is -0.351 e. The third kappa shape index (κ3) is 2.65. The number of fused-ring (bicyclic) bond motifs is 1. The first-order chi connectivity index (χ1) is 10.3. The molecular weight excluding hydrogens is 265 g/mol. The van der Waals surface area contributed by atoms with E-state index < -0.39 is 0 Å². The first kappa shape index (κ1) is 13.4. The van der Waals surface area contributed by atoms with E-state index in [0.29, 0.717) is 18.7 Å². The zero-order valence-electron chi connectivity index (χ0n) is 11.6. The normalized spacial score (nSPS) is 10.7. The molecule has 4 heteroatoms. The van der Waals surface area contributed by atoms with Gasteiger partial charge in [-0.1, -0.05) is 36.4 Å². The predicted octanol–water partition coefficient (Wildman–Crippen LogP) is 3.97. The van der Waals surface area contributed by atoms with Crippen LogP contribution in [0.5, 0.6) is 0 Å².